The second-order valence-electron chi connectivity index (χ2n) is 6.99. The van der Waals surface area contributed by atoms with Gasteiger partial charge >= 0.3 is 0 Å². The number of aryl methyl sites for hydroxylation is 1. The molecule has 0 saturated heterocycles. The number of rotatable bonds is 10. The van der Waals surface area contributed by atoms with E-state index in [9.17, 15) is 5.11 Å². The van der Waals surface area contributed by atoms with Crippen LogP contribution in [0.25, 0.3) is 0 Å². The van der Waals surface area contributed by atoms with Crippen LogP contribution in [0.1, 0.15) is 44.6 Å². The normalized spacial score (nSPS) is 15.7. The second kappa shape index (κ2) is 12.4. The topological polar surface area (TPSA) is 65.9 Å². The van der Waals surface area contributed by atoms with Gasteiger partial charge in [0, 0.05) is 33.4 Å². The van der Waals surface area contributed by atoms with Crippen LogP contribution < -0.4 is 10.6 Å². The first-order valence-corrected chi connectivity index (χ1v) is 9.46. The maximum Gasteiger partial charge on any atom is 0.191 e. The number of aliphatic imine (C=N–C) groups is 1. The van der Waals surface area contributed by atoms with Crippen LogP contribution in [-0.2, 0) is 11.2 Å². The lowest BCUT2D eigenvalue weighted by molar-refractivity contribution is 0.0778. The predicted molar refractivity (Wildman–Crippen MR) is 119 cm³/mol. The fourth-order valence-corrected chi connectivity index (χ4v) is 3.23. The first-order valence-electron chi connectivity index (χ1n) is 9.46. The van der Waals surface area contributed by atoms with Gasteiger partial charge in [-0.1, -0.05) is 18.6 Å². The summed E-state index contributed by atoms with van der Waals surface area (Å²) in [5.74, 6) is 1.23. The van der Waals surface area contributed by atoms with Gasteiger partial charge in [-0.05, 0) is 62.1 Å². The van der Waals surface area contributed by atoms with E-state index in [1.165, 1.54) is 24.8 Å². The molecule has 0 aliphatic heterocycles. The van der Waals surface area contributed by atoms with Crippen LogP contribution >= 0.6 is 24.0 Å². The summed E-state index contributed by atoms with van der Waals surface area (Å²) in [5, 5.41) is 16.1. The van der Waals surface area contributed by atoms with Crippen molar-refractivity contribution in [2.75, 3.05) is 33.4 Å². The number of phenols is 1. The number of hydrogen-bond donors (Lipinski definition) is 3. The monoisotopic (exact) mass is 475 g/mol. The van der Waals surface area contributed by atoms with Crippen molar-refractivity contribution in [1.29, 1.82) is 0 Å². The first kappa shape index (κ1) is 23.0. The smallest absolute Gasteiger partial charge is 0.191 e. The molecule has 0 atom stereocenters. The first-order chi connectivity index (χ1) is 12.2. The summed E-state index contributed by atoms with van der Waals surface area (Å²) in [6.45, 7) is 5.56. The molecule has 0 bridgehead atoms. The van der Waals surface area contributed by atoms with Gasteiger partial charge in [0.15, 0.2) is 5.96 Å². The van der Waals surface area contributed by atoms with Crippen molar-refractivity contribution >= 4 is 29.9 Å². The Morgan fingerprint density at radius 2 is 1.96 bits per heavy atom. The average Bonchev–Trinajstić information content (AvgIpc) is 2.58. The summed E-state index contributed by atoms with van der Waals surface area (Å²) >= 11 is 0. The number of ether oxygens (including phenoxy) is 1. The van der Waals surface area contributed by atoms with E-state index in [-0.39, 0.29) is 24.0 Å². The molecule has 0 aromatic heterocycles. The molecule has 6 heteroatoms. The van der Waals surface area contributed by atoms with Crippen LogP contribution in [0.5, 0.6) is 5.75 Å². The fraction of sp³-hybridized carbons (Fsp3) is 0.650. The molecular weight excluding hydrogens is 441 g/mol. The third-order valence-corrected chi connectivity index (χ3v) is 5.04. The van der Waals surface area contributed by atoms with Crippen molar-refractivity contribution in [3.63, 3.8) is 0 Å². The molecule has 0 amide bonds. The van der Waals surface area contributed by atoms with Crippen molar-refractivity contribution in [3.8, 4) is 5.75 Å². The number of nitrogens with zero attached hydrogens (tertiary/aromatic N) is 1. The summed E-state index contributed by atoms with van der Waals surface area (Å²) in [7, 11) is 1.77. The lowest BCUT2D eigenvalue weighted by Crippen LogP contribution is -2.40. The van der Waals surface area contributed by atoms with E-state index < -0.39 is 0 Å². The van der Waals surface area contributed by atoms with E-state index in [1.54, 1.807) is 19.2 Å². The van der Waals surface area contributed by atoms with E-state index >= 15 is 0 Å². The molecule has 0 radical (unpaired) electrons. The van der Waals surface area contributed by atoms with Gasteiger partial charge in [-0.25, -0.2) is 0 Å². The third kappa shape index (κ3) is 7.70. The number of nitrogens with one attached hydrogen (secondary N) is 2. The van der Waals surface area contributed by atoms with Crippen LogP contribution in [0.15, 0.2) is 29.3 Å². The Bertz CT molecular complexity index is 530. The number of hydrogen-bond acceptors (Lipinski definition) is 3. The Kier molecular flexibility index (Phi) is 11.0. The highest BCUT2D eigenvalue weighted by atomic mass is 127. The molecule has 0 spiro atoms. The molecule has 1 aromatic carbocycles. The highest BCUT2D eigenvalue weighted by molar-refractivity contribution is 14.0. The van der Waals surface area contributed by atoms with Crippen molar-refractivity contribution in [1.82, 2.24) is 10.6 Å². The van der Waals surface area contributed by atoms with Gasteiger partial charge in [0.25, 0.3) is 0 Å². The summed E-state index contributed by atoms with van der Waals surface area (Å²) in [4.78, 5) is 4.82. The van der Waals surface area contributed by atoms with E-state index in [0.717, 1.165) is 51.5 Å². The largest absolute Gasteiger partial charge is 0.508 e. The zero-order chi connectivity index (χ0) is 18.0. The zero-order valence-electron chi connectivity index (χ0n) is 16.1. The van der Waals surface area contributed by atoms with E-state index in [0.29, 0.717) is 11.2 Å². The van der Waals surface area contributed by atoms with Gasteiger partial charge < -0.3 is 20.5 Å². The van der Waals surface area contributed by atoms with Gasteiger partial charge in [0.2, 0.25) is 0 Å². The van der Waals surface area contributed by atoms with E-state index in [1.807, 2.05) is 12.1 Å². The molecule has 0 unspecified atom stereocenters. The minimum Gasteiger partial charge on any atom is -0.508 e. The molecule has 148 valence electrons. The summed E-state index contributed by atoms with van der Waals surface area (Å²) < 4.78 is 5.26. The van der Waals surface area contributed by atoms with Gasteiger partial charge in [-0.15, -0.1) is 24.0 Å². The minimum absolute atomic E-state index is 0. The summed E-state index contributed by atoms with van der Waals surface area (Å²) in [6.07, 6.45) is 6.97. The van der Waals surface area contributed by atoms with Gasteiger partial charge in [-0.3, -0.25) is 4.99 Å². The molecule has 1 saturated carbocycles. The van der Waals surface area contributed by atoms with Crippen molar-refractivity contribution in [2.24, 2.45) is 10.4 Å². The average molecular weight is 475 g/mol. The molecule has 5 nitrogen and oxygen atoms in total. The number of aromatic hydroxyl groups is 1. The van der Waals surface area contributed by atoms with Crippen molar-refractivity contribution in [2.45, 2.75) is 45.4 Å². The number of phenolic OH excluding ortho intramolecular Hbond substituents is 1. The number of benzene rings is 1. The maximum atomic E-state index is 9.32. The third-order valence-electron chi connectivity index (χ3n) is 5.04. The Labute approximate surface area is 175 Å². The molecular formula is C20H34IN3O2. The van der Waals surface area contributed by atoms with E-state index in [4.69, 9.17) is 9.73 Å². The van der Waals surface area contributed by atoms with Gasteiger partial charge in [0.05, 0.1) is 0 Å². The highest BCUT2D eigenvalue weighted by Crippen LogP contribution is 2.44. The van der Waals surface area contributed by atoms with Gasteiger partial charge in [-0.2, -0.15) is 0 Å². The Balaban J connectivity index is 0.00000338. The van der Waals surface area contributed by atoms with Crippen LogP contribution in [0.4, 0.5) is 0 Å². The predicted octanol–water partition coefficient (Wildman–Crippen LogP) is 3.70. The zero-order valence-corrected chi connectivity index (χ0v) is 18.4. The SMILES string of the molecule is CCNC(=NCC1(CCOC)CCC1)NCCCc1ccc(O)cc1.I. The van der Waals surface area contributed by atoms with Crippen LogP contribution in [0, 0.1) is 5.41 Å². The molecule has 0 heterocycles. The molecule has 1 fully saturated rings. The van der Waals surface area contributed by atoms with Crippen LogP contribution in [-0.4, -0.2) is 44.4 Å². The molecule has 1 aliphatic rings. The minimum atomic E-state index is 0. The Hall–Kier alpha value is -1.02. The molecule has 1 aromatic rings. The van der Waals surface area contributed by atoms with E-state index in [2.05, 4.69) is 17.6 Å². The number of methoxy groups -OCH3 is 1. The number of guanidine groups is 1. The molecule has 26 heavy (non-hydrogen) atoms. The quantitative estimate of drug-likeness (QED) is 0.209. The van der Waals surface area contributed by atoms with Crippen LogP contribution in [0.3, 0.4) is 0 Å². The Morgan fingerprint density at radius 3 is 2.54 bits per heavy atom. The Morgan fingerprint density at radius 1 is 1.23 bits per heavy atom. The second-order valence-corrected chi connectivity index (χ2v) is 6.99. The van der Waals surface area contributed by atoms with Crippen LogP contribution in [0.2, 0.25) is 0 Å². The van der Waals surface area contributed by atoms with Crippen molar-refractivity contribution < 1.29 is 9.84 Å². The summed E-state index contributed by atoms with van der Waals surface area (Å²) in [6, 6.07) is 7.44. The fourth-order valence-electron chi connectivity index (χ4n) is 3.23. The standard InChI is InChI=1S/C20H33N3O2.HI/c1-3-21-19(23-16-20(11-5-12-20)13-15-25-2)22-14-4-6-17-7-9-18(24)10-8-17;/h7-10,24H,3-6,11-16H2,1-2H3,(H2,21,22,23);1H. The highest BCUT2D eigenvalue weighted by Gasteiger charge is 2.36. The summed E-state index contributed by atoms with van der Waals surface area (Å²) in [5.41, 5.74) is 1.60. The molecule has 1 aliphatic carbocycles. The molecule has 3 N–H and O–H groups in total. The maximum absolute atomic E-state index is 9.32. The van der Waals surface area contributed by atoms with Crippen molar-refractivity contribution in [3.05, 3.63) is 29.8 Å². The molecule has 2 rings (SSSR count). The number of halogens is 1. The van der Waals surface area contributed by atoms with Gasteiger partial charge in [0.1, 0.15) is 5.75 Å². The lowest BCUT2D eigenvalue weighted by atomic mass is 9.67. The lowest BCUT2D eigenvalue weighted by Gasteiger charge is -2.40.